The number of ketones is 1. The van der Waals surface area contributed by atoms with Crippen molar-refractivity contribution in [2.45, 2.75) is 81.1 Å². The van der Waals surface area contributed by atoms with E-state index in [1.807, 2.05) is 27.7 Å². The van der Waals surface area contributed by atoms with Gasteiger partial charge in [0.05, 0.1) is 5.76 Å². The van der Waals surface area contributed by atoms with Crippen molar-refractivity contribution < 1.29 is 30.0 Å². The smallest absolute Gasteiger partial charge is 0 e. The molecule has 5 heteroatoms. The van der Waals surface area contributed by atoms with Crippen LogP contribution in [0.3, 0.4) is 0 Å². The zero-order valence-corrected chi connectivity index (χ0v) is 33.1. The molecule has 1 radical (unpaired) electrons. The predicted molar refractivity (Wildman–Crippen MR) is 197 cm³/mol. The van der Waals surface area contributed by atoms with Crippen LogP contribution in [0, 0.1) is 45.6 Å². The summed E-state index contributed by atoms with van der Waals surface area (Å²) in [7, 11) is 0. The van der Waals surface area contributed by atoms with Crippen molar-refractivity contribution in [2.75, 3.05) is 0 Å². The normalized spacial score (nSPS) is 11.4. The van der Waals surface area contributed by atoms with Crippen molar-refractivity contribution in [2.24, 2.45) is 11.8 Å². The maximum absolute atomic E-state index is 11.7. The number of aliphatic hydroxyl groups excluding tert-OH is 1. The molecule has 0 aliphatic heterocycles. The Morgan fingerprint density at radius 3 is 2.00 bits per heavy atom. The molecule has 2 heterocycles. The molecule has 2 aromatic heterocycles. The zero-order chi connectivity index (χ0) is 33.4. The first-order chi connectivity index (χ1) is 22.1. The van der Waals surface area contributed by atoms with Crippen LogP contribution in [0.4, 0.5) is 0 Å². The number of carbonyl (C=O) groups is 1. The largest absolute Gasteiger partial charge is 0 e. The van der Waals surface area contributed by atoms with Gasteiger partial charge >= 0.3 is 190 Å². The summed E-state index contributed by atoms with van der Waals surface area (Å²) in [4.78, 5) is 16.5. The monoisotopic (exact) mass is 871 g/mol. The van der Waals surface area contributed by atoms with Crippen LogP contribution >= 0.6 is 0 Å². The molecule has 249 valence electrons. The number of hydrogen-bond acceptors (Lipinski definition) is 3. The molecule has 5 aromatic rings. The van der Waals surface area contributed by atoms with Gasteiger partial charge in [0.2, 0.25) is 0 Å². The summed E-state index contributed by atoms with van der Waals surface area (Å²) < 4.78 is 2.77. The van der Waals surface area contributed by atoms with Gasteiger partial charge in [0.25, 0.3) is 0 Å². The van der Waals surface area contributed by atoms with Crippen LogP contribution in [-0.4, -0.2) is 30.4 Å². The summed E-state index contributed by atoms with van der Waals surface area (Å²) in [5, 5.41) is 11.1. The molecule has 0 bridgehead atoms. The first-order valence-electron chi connectivity index (χ1n) is 16.6. The van der Waals surface area contributed by atoms with Crippen LogP contribution < -0.4 is 0 Å². The molecule has 5 rings (SSSR count). The van der Waals surface area contributed by atoms with Crippen LogP contribution in [0.15, 0.2) is 84.8 Å². The van der Waals surface area contributed by atoms with Gasteiger partial charge in [-0.15, -0.1) is 0 Å². The second-order valence-electron chi connectivity index (χ2n) is 12.3. The molecule has 0 saturated carbocycles. The molecular weight excluding hydrogens is 822 g/mol. The van der Waals surface area contributed by atoms with Gasteiger partial charge in [-0.25, -0.2) is 0 Å². The molecule has 0 atom stereocenters. The van der Waals surface area contributed by atoms with E-state index in [-0.39, 0.29) is 58.0 Å². The van der Waals surface area contributed by atoms with Gasteiger partial charge in [0.15, 0.2) is 5.78 Å². The maximum Gasteiger partial charge on any atom is 0 e. The minimum Gasteiger partial charge on any atom is 0 e. The van der Waals surface area contributed by atoms with Gasteiger partial charge in [0, 0.05) is 38.0 Å². The van der Waals surface area contributed by atoms with E-state index in [4.69, 9.17) is 4.98 Å². The summed E-state index contributed by atoms with van der Waals surface area (Å²) >= 11 is 0.285. The molecule has 3 nitrogen and oxygen atoms in total. The quantitative estimate of drug-likeness (QED) is 0.0658. The molecule has 0 aliphatic rings. The van der Waals surface area contributed by atoms with Crippen molar-refractivity contribution in [1.29, 1.82) is 0 Å². The number of allylic oxidation sites excluding steroid dienone is 2. The van der Waals surface area contributed by atoms with E-state index >= 15 is 0 Å². The third-order valence-electron chi connectivity index (χ3n) is 8.85. The number of nitrogens with zero attached hydrogens (tertiary/aromatic N) is 1. The van der Waals surface area contributed by atoms with E-state index in [0.717, 1.165) is 42.5 Å². The Hall–Kier alpha value is -3.07. The molecule has 3 aromatic carbocycles. The number of aryl methyl sites for hydroxylation is 4. The van der Waals surface area contributed by atoms with E-state index in [1.54, 1.807) is 0 Å². The summed E-state index contributed by atoms with van der Waals surface area (Å²) in [6.07, 6.45) is 6.97. The molecule has 0 fully saturated rings. The minimum absolute atomic E-state index is 0. The van der Waals surface area contributed by atoms with Gasteiger partial charge < -0.3 is 5.11 Å². The van der Waals surface area contributed by atoms with Gasteiger partial charge in [-0.05, 0) is 25.7 Å². The summed E-state index contributed by atoms with van der Waals surface area (Å²) in [5.41, 5.74) is 11.1. The van der Waals surface area contributed by atoms with Gasteiger partial charge in [0.1, 0.15) is 0 Å². The number of aliphatic hydroxyl groups is 1. The Kier molecular flexibility index (Phi) is 14.6. The molecule has 47 heavy (non-hydrogen) atoms. The van der Waals surface area contributed by atoms with Gasteiger partial charge in [-0.3, -0.25) is 4.79 Å². The molecule has 0 unspecified atom stereocenters. The van der Waals surface area contributed by atoms with Crippen molar-refractivity contribution in [1.82, 2.24) is 4.98 Å². The standard InChI is InChI=1S/C29H24NSe.C13H24O2.Ir/c1-18-12-19(2)14-24(13-18)26-15-25-16-27(31-28(25)17-30-26)22-8-10-23(11-9-22)29-20(3)6-5-7-21(29)4;1-5-10(6-2)12(14)9-13(15)11(7-3)8-4;/h5-13,15-17H,1-4H3;9-11,14H,5-8H2,1-4H3;/q-1;;/b;12-9-;. The number of rotatable bonds is 10. The topological polar surface area (TPSA) is 50.2 Å². The van der Waals surface area contributed by atoms with Gasteiger partial charge in [-0.1, -0.05) is 27.7 Å². The van der Waals surface area contributed by atoms with Crippen LogP contribution in [0.25, 0.3) is 42.0 Å². The number of fused-ring (bicyclic) bond motifs is 1. The van der Waals surface area contributed by atoms with Crippen LogP contribution in [0.2, 0.25) is 0 Å². The first kappa shape index (κ1) is 38.4. The second-order valence-corrected chi connectivity index (χ2v) is 14.6. The molecule has 0 spiro atoms. The Balaban J connectivity index is 0.000000322. The molecule has 0 saturated heterocycles. The van der Waals surface area contributed by atoms with E-state index in [9.17, 15) is 9.90 Å². The fourth-order valence-electron chi connectivity index (χ4n) is 6.12. The Labute approximate surface area is 301 Å². The predicted octanol–water partition coefficient (Wildman–Crippen LogP) is 11.2. The van der Waals surface area contributed by atoms with Crippen molar-refractivity contribution in [3.8, 4) is 32.4 Å². The molecule has 0 aliphatic carbocycles. The number of pyridine rings is 1. The summed E-state index contributed by atoms with van der Waals surface area (Å²) in [6.45, 7) is 16.7. The SMILES string of the molecule is CCC(CC)C(=O)/C=C(\O)C(CC)CC.Cc1[c-]c(-c2cc3cc(-c4ccc(-c5c(C)cccc5C)cc4)[se]c3cn2)cc(C)c1.[Ir]. The fraction of sp³-hybridized carbons (Fsp3) is 0.333. The fourth-order valence-corrected chi connectivity index (χ4v) is 8.25. The minimum atomic E-state index is 0. The summed E-state index contributed by atoms with van der Waals surface area (Å²) in [5.74, 6) is 0.547. The van der Waals surface area contributed by atoms with Crippen molar-refractivity contribution in [3.63, 3.8) is 0 Å². The average molecular weight is 870 g/mol. The number of carbonyl (C=O) groups excluding carboxylic acids is 1. The number of aromatic nitrogens is 1. The number of hydrogen-bond donors (Lipinski definition) is 1. The molecular formula is C42H48IrNO2Se-. The van der Waals surface area contributed by atoms with Crippen LogP contribution in [0.5, 0.6) is 0 Å². The molecule has 0 amide bonds. The zero-order valence-electron chi connectivity index (χ0n) is 29.0. The number of benzene rings is 3. The third-order valence-corrected chi connectivity index (χ3v) is 11.2. The van der Waals surface area contributed by atoms with Gasteiger partial charge in [-0.2, -0.15) is 0 Å². The van der Waals surface area contributed by atoms with E-state index in [1.165, 1.54) is 53.5 Å². The van der Waals surface area contributed by atoms with Crippen LogP contribution in [0.1, 0.15) is 75.6 Å². The Bertz CT molecular complexity index is 1770. The van der Waals surface area contributed by atoms with Crippen molar-refractivity contribution in [3.05, 3.63) is 113 Å². The average Bonchev–Trinajstić information content (AvgIpc) is 3.46. The van der Waals surface area contributed by atoms with E-state index in [2.05, 4.69) is 107 Å². The van der Waals surface area contributed by atoms with Crippen LogP contribution in [-0.2, 0) is 24.9 Å². The summed E-state index contributed by atoms with van der Waals surface area (Å²) in [6, 6.07) is 27.9. The van der Waals surface area contributed by atoms with Crippen molar-refractivity contribution >= 4 is 29.9 Å². The Morgan fingerprint density at radius 1 is 0.830 bits per heavy atom. The Morgan fingerprint density at radius 2 is 1.43 bits per heavy atom. The third kappa shape index (κ3) is 9.74. The van der Waals surface area contributed by atoms with E-state index < -0.39 is 0 Å². The molecule has 1 N–H and O–H groups in total. The second kappa shape index (κ2) is 17.9. The maximum atomic E-state index is 11.7. The van der Waals surface area contributed by atoms with E-state index in [0.29, 0.717) is 0 Å². The first-order valence-corrected chi connectivity index (χ1v) is 18.3.